The number of piperidine rings is 1. The highest BCUT2D eigenvalue weighted by molar-refractivity contribution is 7.80. The van der Waals surface area contributed by atoms with E-state index in [1.807, 2.05) is 48.5 Å². The van der Waals surface area contributed by atoms with Crippen LogP contribution in [0.25, 0.3) is 0 Å². The van der Waals surface area contributed by atoms with E-state index in [1.165, 1.54) is 5.06 Å². The number of oxime groups is 1. The summed E-state index contributed by atoms with van der Waals surface area (Å²) in [7, 11) is 0. The van der Waals surface area contributed by atoms with Crippen LogP contribution < -0.4 is 0 Å². The number of hydrogen-bond acceptors (Lipinski definition) is 6. The number of benzene rings is 2. The Balaban J connectivity index is 2.02. The van der Waals surface area contributed by atoms with Crippen LogP contribution in [0, 0.1) is 0 Å². The van der Waals surface area contributed by atoms with Crippen molar-refractivity contribution in [3.63, 3.8) is 0 Å². The van der Waals surface area contributed by atoms with Crippen LogP contribution in [0.5, 0.6) is 0 Å². The Labute approximate surface area is 146 Å². The zero-order valence-corrected chi connectivity index (χ0v) is 14.2. The summed E-state index contributed by atoms with van der Waals surface area (Å²) < 4.78 is 0. The predicted octanol–water partition coefficient (Wildman–Crippen LogP) is 4.36. The Morgan fingerprint density at radius 2 is 1.30 bits per heavy atom. The van der Waals surface area contributed by atoms with Gasteiger partial charge in [0.25, 0.3) is 0 Å². The van der Waals surface area contributed by atoms with Crippen LogP contribution in [-0.2, 0) is 0 Å². The average molecular weight is 346 g/mol. The van der Waals surface area contributed by atoms with Crippen molar-refractivity contribution in [2.75, 3.05) is 0 Å². The van der Waals surface area contributed by atoms with Gasteiger partial charge in [-0.05, 0) is 23.3 Å². The summed E-state index contributed by atoms with van der Waals surface area (Å²) in [5, 5.41) is 24.9. The molecule has 1 aliphatic rings. The molecule has 0 amide bonds. The van der Waals surface area contributed by atoms with Crippen LogP contribution in [-0.4, -0.2) is 21.2 Å². The first-order valence-electron chi connectivity index (χ1n) is 7.34. The summed E-state index contributed by atoms with van der Waals surface area (Å²) in [4.78, 5) is 1.60. The van der Waals surface area contributed by atoms with Crippen molar-refractivity contribution in [3.05, 3.63) is 59.7 Å². The molecule has 0 aromatic heterocycles. The Bertz CT molecular complexity index is 679. The van der Waals surface area contributed by atoms with Gasteiger partial charge in [0.05, 0.1) is 17.8 Å². The van der Waals surface area contributed by atoms with Gasteiger partial charge in [0.2, 0.25) is 0 Å². The first-order chi connectivity index (χ1) is 11.1. The van der Waals surface area contributed by atoms with Crippen LogP contribution in [0.15, 0.2) is 63.5 Å². The second kappa shape index (κ2) is 6.97. The smallest absolute Gasteiger partial charge is 0.0670 e. The number of nitrogens with zero attached hydrogens (tertiary/aromatic N) is 2. The maximum atomic E-state index is 10.8. The molecule has 1 aliphatic heterocycles. The van der Waals surface area contributed by atoms with Crippen LogP contribution in [0.3, 0.4) is 0 Å². The molecule has 4 nitrogen and oxygen atoms in total. The highest BCUT2D eigenvalue weighted by Crippen LogP contribution is 2.42. The molecule has 2 aromatic carbocycles. The summed E-state index contributed by atoms with van der Waals surface area (Å²) in [6.45, 7) is 0. The van der Waals surface area contributed by atoms with E-state index in [2.05, 4.69) is 30.4 Å². The number of hydrogen-bond donors (Lipinski definition) is 4. The fraction of sp³-hybridized carbons (Fsp3) is 0.235. The first-order valence-corrected chi connectivity index (χ1v) is 8.24. The minimum Gasteiger partial charge on any atom is -0.411 e. The van der Waals surface area contributed by atoms with Gasteiger partial charge in [-0.15, -0.1) is 25.3 Å². The average Bonchev–Trinajstić information content (AvgIpc) is 2.57. The van der Waals surface area contributed by atoms with Gasteiger partial charge in [-0.2, -0.15) is 5.06 Å². The van der Waals surface area contributed by atoms with Crippen LogP contribution in [0.1, 0.15) is 36.1 Å². The predicted molar refractivity (Wildman–Crippen MR) is 95.0 cm³/mol. The molecule has 6 heteroatoms. The van der Waals surface area contributed by atoms with E-state index in [0.717, 1.165) is 20.9 Å². The third-order valence-electron chi connectivity index (χ3n) is 4.23. The van der Waals surface area contributed by atoms with Crippen molar-refractivity contribution < 1.29 is 10.4 Å². The van der Waals surface area contributed by atoms with E-state index in [4.69, 9.17) is 0 Å². The third-order valence-corrected chi connectivity index (χ3v) is 5.04. The zero-order valence-electron chi connectivity index (χ0n) is 12.4. The molecular formula is C17H18N2O2S2. The van der Waals surface area contributed by atoms with Gasteiger partial charge >= 0.3 is 0 Å². The second-order valence-corrected chi connectivity index (χ2v) is 6.57. The van der Waals surface area contributed by atoms with E-state index in [9.17, 15) is 10.4 Å². The molecule has 1 heterocycles. The van der Waals surface area contributed by atoms with Crippen molar-refractivity contribution in [2.45, 2.75) is 34.7 Å². The summed E-state index contributed by atoms with van der Waals surface area (Å²) >= 11 is 8.98. The molecule has 0 saturated carbocycles. The van der Waals surface area contributed by atoms with E-state index in [1.54, 1.807) is 0 Å². The molecule has 2 atom stereocenters. The van der Waals surface area contributed by atoms with Gasteiger partial charge in [-0.1, -0.05) is 41.6 Å². The van der Waals surface area contributed by atoms with Crippen molar-refractivity contribution in [1.29, 1.82) is 0 Å². The van der Waals surface area contributed by atoms with Gasteiger partial charge < -0.3 is 10.4 Å². The lowest BCUT2D eigenvalue weighted by Crippen LogP contribution is -2.38. The lowest BCUT2D eigenvalue weighted by molar-refractivity contribution is -0.168. The SMILES string of the molecule is ON=C1C[C@H](c2ccccc2S)N(O)[C@@H](c2ccccc2S)C1. The summed E-state index contributed by atoms with van der Waals surface area (Å²) in [5.41, 5.74) is 2.46. The fourth-order valence-electron chi connectivity index (χ4n) is 3.06. The zero-order chi connectivity index (χ0) is 16.4. The van der Waals surface area contributed by atoms with Gasteiger partial charge in [0.15, 0.2) is 0 Å². The molecule has 0 bridgehead atoms. The summed E-state index contributed by atoms with van der Waals surface area (Å²) in [6.07, 6.45) is 0.908. The molecule has 1 fully saturated rings. The lowest BCUT2D eigenvalue weighted by Gasteiger charge is -2.39. The Hall–Kier alpha value is -1.47. The first kappa shape index (κ1) is 16.4. The van der Waals surface area contributed by atoms with E-state index in [0.29, 0.717) is 18.6 Å². The Kier molecular flexibility index (Phi) is 4.96. The Morgan fingerprint density at radius 3 is 1.70 bits per heavy atom. The number of rotatable bonds is 2. The quantitative estimate of drug-likeness (QED) is 0.371. The third kappa shape index (κ3) is 3.26. The lowest BCUT2D eigenvalue weighted by atomic mass is 9.88. The van der Waals surface area contributed by atoms with E-state index in [-0.39, 0.29) is 12.1 Å². The van der Waals surface area contributed by atoms with Gasteiger partial charge in [0.1, 0.15) is 0 Å². The van der Waals surface area contributed by atoms with Gasteiger partial charge in [-0.25, -0.2) is 0 Å². The number of hydroxylamine groups is 2. The normalized spacial score (nSPS) is 22.1. The molecule has 0 radical (unpaired) electrons. The van der Waals surface area contributed by atoms with Crippen LogP contribution in [0.2, 0.25) is 0 Å². The minimum atomic E-state index is -0.318. The highest BCUT2D eigenvalue weighted by atomic mass is 32.1. The fourth-order valence-corrected chi connectivity index (χ4v) is 3.68. The molecule has 1 saturated heterocycles. The molecule has 23 heavy (non-hydrogen) atoms. The van der Waals surface area contributed by atoms with Crippen LogP contribution in [0.4, 0.5) is 0 Å². The van der Waals surface area contributed by atoms with Crippen molar-refractivity contribution in [2.24, 2.45) is 5.16 Å². The van der Waals surface area contributed by atoms with Crippen molar-refractivity contribution >= 4 is 31.0 Å². The highest BCUT2D eigenvalue weighted by Gasteiger charge is 2.36. The second-order valence-electron chi connectivity index (χ2n) is 5.60. The van der Waals surface area contributed by atoms with Crippen LogP contribution >= 0.6 is 25.3 Å². The maximum absolute atomic E-state index is 10.8. The van der Waals surface area contributed by atoms with Crippen molar-refractivity contribution in [3.8, 4) is 0 Å². The molecule has 0 unspecified atom stereocenters. The topological polar surface area (TPSA) is 56.1 Å². The largest absolute Gasteiger partial charge is 0.411 e. The van der Waals surface area contributed by atoms with Crippen molar-refractivity contribution in [1.82, 2.24) is 5.06 Å². The monoisotopic (exact) mass is 346 g/mol. The van der Waals surface area contributed by atoms with Gasteiger partial charge in [-0.3, -0.25) is 0 Å². The minimum absolute atomic E-state index is 0.318. The molecule has 0 aliphatic carbocycles. The molecular weight excluding hydrogens is 328 g/mol. The standard InChI is InChI=1S/C17H18N2O2S2/c20-18-11-9-14(12-5-1-3-7-16(12)22)19(21)15(10-11)13-6-2-4-8-17(13)23/h1-8,14-15,20-23H,9-10H2/t14-,15-/m1/s1. The number of thiol groups is 2. The van der Waals surface area contributed by atoms with E-state index >= 15 is 0 Å². The molecule has 2 N–H and O–H groups in total. The molecule has 3 rings (SSSR count). The summed E-state index contributed by atoms with van der Waals surface area (Å²) in [5.74, 6) is 0. The molecule has 120 valence electrons. The van der Waals surface area contributed by atoms with Gasteiger partial charge in [0, 0.05) is 22.6 Å². The maximum Gasteiger partial charge on any atom is 0.0670 e. The summed E-state index contributed by atoms with van der Waals surface area (Å²) in [6, 6.07) is 14.6. The van der Waals surface area contributed by atoms with E-state index < -0.39 is 0 Å². The Morgan fingerprint density at radius 1 is 0.870 bits per heavy atom. The molecule has 2 aromatic rings. The molecule has 0 spiro atoms.